The minimum atomic E-state index is 0.211. The molecule has 108 valence electrons. The highest BCUT2D eigenvalue weighted by Crippen LogP contribution is 2.27. The molecular formula is C18H25NO. The summed E-state index contributed by atoms with van der Waals surface area (Å²) in [6.45, 7) is 8.97. The zero-order valence-corrected chi connectivity index (χ0v) is 12.6. The smallest absolute Gasteiger partial charge is 0.129 e. The van der Waals surface area contributed by atoms with E-state index >= 15 is 0 Å². The van der Waals surface area contributed by atoms with Gasteiger partial charge >= 0.3 is 0 Å². The Morgan fingerprint density at radius 2 is 2.05 bits per heavy atom. The Labute approximate surface area is 122 Å². The third kappa shape index (κ3) is 3.66. The number of unbranched alkanes of at least 4 members (excludes halogenated alkanes) is 3. The number of aryl methyl sites for hydroxylation is 1. The van der Waals surface area contributed by atoms with Gasteiger partial charge in [-0.1, -0.05) is 18.6 Å². The normalized spacial score (nSPS) is 11.2. The Hall–Kier alpha value is -1.70. The highest BCUT2D eigenvalue weighted by atomic mass is 16.5. The van der Waals surface area contributed by atoms with Gasteiger partial charge in [-0.25, -0.2) is 0 Å². The second kappa shape index (κ2) is 7.18. The van der Waals surface area contributed by atoms with Crippen LogP contribution in [-0.2, 0) is 6.54 Å². The molecule has 20 heavy (non-hydrogen) atoms. The predicted octanol–water partition coefficient (Wildman–Crippen LogP) is 5.17. The summed E-state index contributed by atoms with van der Waals surface area (Å²) in [7, 11) is 0. The number of fused-ring (bicyclic) bond motifs is 1. The van der Waals surface area contributed by atoms with Crippen LogP contribution in [0.1, 0.15) is 39.5 Å². The van der Waals surface area contributed by atoms with Crippen LogP contribution < -0.4 is 4.74 Å². The molecule has 0 amide bonds. The second-order valence-corrected chi connectivity index (χ2v) is 5.50. The summed E-state index contributed by atoms with van der Waals surface area (Å²) in [4.78, 5) is 0. The van der Waals surface area contributed by atoms with Crippen LogP contribution in [0.4, 0.5) is 0 Å². The standard InChI is InChI=1S/C18H25NO/c1-4-5-6-7-8-13-19-14-12-16-17(19)10-9-11-18(16)20-15(2)3/h4,9-12,14-15H,1,5-8,13H2,2-3H3. The maximum absolute atomic E-state index is 5.87. The number of aromatic nitrogens is 1. The quantitative estimate of drug-likeness (QED) is 0.477. The molecule has 0 saturated carbocycles. The molecule has 0 aliphatic rings. The lowest BCUT2D eigenvalue weighted by Crippen LogP contribution is -2.05. The van der Waals surface area contributed by atoms with Gasteiger partial charge in [-0.05, 0) is 51.3 Å². The Bertz CT molecular complexity index is 554. The first-order chi connectivity index (χ1) is 9.72. The van der Waals surface area contributed by atoms with Crippen molar-refractivity contribution in [2.45, 2.75) is 52.2 Å². The second-order valence-electron chi connectivity index (χ2n) is 5.50. The van der Waals surface area contributed by atoms with Gasteiger partial charge in [-0.2, -0.15) is 0 Å². The van der Waals surface area contributed by atoms with E-state index in [9.17, 15) is 0 Å². The number of ether oxygens (including phenoxy) is 1. The molecule has 0 N–H and O–H groups in total. The van der Waals surface area contributed by atoms with Crippen molar-refractivity contribution in [1.29, 1.82) is 0 Å². The van der Waals surface area contributed by atoms with E-state index in [1.807, 2.05) is 6.08 Å². The summed E-state index contributed by atoms with van der Waals surface area (Å²) in [6.07, 6.45) is 9.22. The molecule has 0 spiro atoms. The molecule has 1 aromatic heterocycles. The van der Waals surface area contributed by atoms with Gasteiger partial charge in [-0.15, -0.1) is 6.58 Å². The predicted molar refractivity (Wildman–Crippen MR) is 86.4 cm³/mol. The Morgan fingerprint density at radius 1 is 1.20 bits per heavy atom. The van der Waals surface area contributed by atoms with Crippen LogP contribution in [0.25, 0.3) is 10.9 Å². The largest absolute Gasteiger partial charge is 0.490 e. The number of hydrogen-bond acceptors (Lipinski definition) is 1. The first kappa shape index (κ1) is 14.7. The molecular weight excluding hydrogens is 246 g/mol. The minimum Gasteiger partial charge on any atom is -0.490 e. The van der Waals surface area contributed by atoms with E-state index in [4.69, 9.17) is 4.74 Å². The van der Waals surface area contributed by atoms with Crippen molar-refractivity contribution in [2.75, 3.05) is 0 Å². The van der Waals surface area contributed by atoms with Crippen molar-refractivity contribution < 1.29 is 4.74 Å². The Morgan fingerprint density at radius 3 is 2.80 bits per heavy atom. The van der Waals surface area contributed by atoms with Gasteiger partial charge in [0.05, 0.1) is 11.6 Å². The van der Waals surface area contributed by atoms with Gasteiger partial charge < -0.3 is 9.30 Å². The van der Waals surface area contributed by atoms with E-state index in [1.54, 1.807) is 0 Å². The molecule has 2 nitrogen and oxygen atoms in total. The summed E-state index contributed by atoms with van der Waals surface area (Å²) in [5.74, 6) is 0.989. The molecule has 0 atom stereocenters. The molecule has 1 aromatic carbocycles. The van der Waals surface area contributed by atoms with Gasteiger partial charge in [0.25, 0.3) is 0 Å². The summed E-state index contributed by atoms with van der Waals surface area (Å²) < 4.78 is 8.20. The maximum atomic E-state index is 5.87. The molecule has 0 unspecified atom stereocenters. The number of hydrogen-bond donors (Lipinski definition) is 0. The number of benzene rings is 1. The zero-order valence-electron chi connectivity index (χ0n) is 12.6. The monoisotopic (exact) mass is 271 g/mol. The van der Waals surface area contributed by atoms with Gasteiger partial charge in [0.15, 0.2) is 0 Å². The van der Waals surface area contributed by atoms with Crippen LogP contribution >= 0.6 is 0 Å². The minimum absolute atomic E-state index is 0.211. The summed E-state index contributed by atoms with van der Waals surface area (Å²) in [5.41, 5.74) is 1.27. The average Bonchev–Trinajstić information content (AvgIpc) is 2.82. The van der Waals surface area contributed by atoms with Crippen molar-refractivity contribution in [3.63, 3.8) is 0 Å². The van der Waals surface area contributed by atoms with Crippen LogP contribution in [0.5, 0.6) is 5.75 Å². The van der Waals surface area contributed by atoms with Crippen molar-refractivity contribution >= 4 is 10.9 Å². The van der Waals surface area contributed by atoms with Crippen LogP contribution in [0.3, 0.4) is 0 Å². The fourth-order valence-corrected chi connectivity index (χ4v) is 2.49. The van der Waals surface area contributed by atoms with E-state index in [0.29, 0.717) is 0 Å². The van der Waals surface area contributed by atoms with Gasteiger partial charge in [0.1, 0.15) is 5.75 Å². The van der Waals surface area contributed by atoms with Crippen LogP contribution in [0.15, 0.2) is 43.1 Å². The third-order valence-corrected chi connectivity index (χ3v) is 3.44. The topological polar surface area (TPSA) is 14.2 Å². The van der Waals surface area contributed by atoms with Crippen molar-refractivity contribution in [2.24, 2.45) is 0 Å². The van der Waals surface area contributed by atoms with Crippen molar-refractivity contribution in [3.8, 4) is 5.75 Å². The maximum Gasteiger partial charge on any atom is 0.129 e. The highest BCUT2D eigenvalue weighted by Gasteiger charge is 2.07. The third-order valence-electron chi connectivity index (χ3n) is 3.44. The molecule has 0 fully saturated rings. The molecule has 2 heteroatoms. The first-order valence-corrected chi connectivity index (χ1v) is 7.58. The summed E-state index contributed by atoms with van der Waals surface area (Å²) >= 11 is 0. The van der Waals surface area contributed by atoms with E-state index < -0.39 is 0 Å². The van der Waals surface area contributed by atoms with Crippen molar-refractivity contribution in [1.82, 2.24) is 4.57 Å². The highest BCUT2D eigenvalue weighted by molar-refractivity contribution is 5.86. The van der Waals surface area contributed by atoms with Gasteiger partial charge in [0.2, 0.25) is 0 Å². The van der Waals surface area contributed by atoms with E-state index in [0.717, 1.165) is 18.7 Å². The number of rotatable bonds is 8. The molecule has 1 heterocycles. The van der Waals surface area contributed by atoms with Gasteiger partial charge in [0, 0.05) is 18.1 Å². The lowest BCUT2D eigenvalue weighted by atomic mass is 10.2. The van der Waals surface area contributed by atoms with E-state index in [2.05, 4.69) is 55.5 Å². The van der Waals surface area contributed by atoms with Crippen LogP contribution in [0, 0.1) is 0 Å². The molecule has 0 aliphatic heterocycles. The van der Waals surface area contributed by atoms with Gasteiger partial charge in [-0.3, -0.25) is 0 Å². The zero-order chi connectivity index (χ0) is 14.4. The fraction of sp³-hybridized carbons (Fsp3) is 0.444. The number of nitrogens with zero attached hydrogens (tertiary/aromatic N) is 1. The van der Waals surface area contributed by atoms with Crippen LogP contribution in [-0.4, -0.2) is 10.7 Å². The molecule has 0 saturated heterocycles. The molecule has 2 rings (SSSR count). The fourth-order valence-electron chi connectivity index (χ4n) is 2.49. The Kier molecular flexibility index (Phi) is 5.28. The molecule has 0 radical (unpaired) electrons. The Balaban J connectivity index is 2.06. The summed E-state index contributed by atoms with van der Waals surface area (Å²) in [5, 5.41) is 1.22. The average molecular weight is 271 g/mol. The lowest BCUT2D eigenvalue weighted by molar-refractivity contribution is 0.245. The summed E-state index contributed by atoms with van der Waals surface area (Å²) in [6, 6.07) is 8.47. The lowest BCUT2D eigenvalue weighted by Gasteiger charge is -2.11. The first-order valence-electron chi connectivity index (χ1n) is 7.58. The molecule has 2 aromatic rings. The molecule has 0 bridgehead atoms. The SMILES string of the molecule is C=CCCCCCn1ccc2c(OC(C)C)cccc21. The van der Waals surface area contributed by atoms with E-state index in [1.165, 1.54) is 30.2 Å². The van der Waals surface area contributed by atoms with Crippen molar-refractivity contribution in [3.05, 3.63) is 43.1 Å². The number of allylic oxidation sites excluding steroid dienone is 1. The van der Waals surface area contributed by atoms with E-state index in [-0.39, 0.29) is 6.10 Å². The van der Waals surface area contributed by atoms with Crippen LogP contribution in [0.2, 0.25) is 0 Å². The molecule has 0 aliphatic carbocycles.